The Morgan fingerprint density at radius 2 is 1.85 bits per heavy atom. The van der Waals surface area contributed by atoms with Crippen LogP contribution in [0.5, 0.6) is 0 Å². The number of aromatic nitrogens is 2. The number of aryl methyl sites for hydroxylation is 2. The molecule has 0 saturated carbocycles. The molecule has 2 aromatic rings. The van der Waals surface area contributed by atoms with Gasteiger partial charge in [0.1, 0.15) is 0 Å². The molecule has 1 N–H and O–H groups in total. The van der Waals surface area contributed by atoms with E-state index >= 15 is 0 Å². The highest BCUT2D eigenvalue weighted by molar-refractivity contribution is 9.10. The van der Waals surface area contributed by atoms with Gasteiger partial charge in [-0.25, -0.2) is 0 Å². The zero-order valence-corrected chi connectivity index (χ0v) is 13.6. The van der Waals surface area contributed by atoms with E-state index in [1.165, 1.54) is 35.4 Å². The number of piperidine rings is 1. The Bertz CT molecular complexity index is 595. The van der Waals surface area contributed by atoms with E-state index in [-0.39, 0.29) is 0 Å². The van der Waals surface area contributed by atoms with Crippen LogP contribution in [0.2, 0.25) is 0 Å². The van der Waals surface area contributed by atoms with Crippen molar-refractivity contribution in [2.24, 2.45) is 7.05 Å². The van der Waals surface area contributed by atoms with Crippen LogP contribution in [-0.2, 0) is 7.05 Å². The molecule has 0 aliphatic carbocycles. The van der Waals surface area contributed by atoms with E-state index in [2.05, 4.69) is 52.4 Å². The predicted molar refractivity (Wildman–Crippen MR) is 85.9 cm³/mol. The van der Waals surface area contributed by atoms with Crippen LogP contribution >= 0.6 is 15.9 Å². The molecule has 3 nitrogen and oxygen atoms in total. The van der Waals surface area contributed by atoms with Gasteiger partial charge in [0, 0.05) is 18.5 Å². The lowest BCUT2D eigenvalue weighted by atomic mass is 9.94. The van der Waals surface area contributed by atoms with Crippen LogP contribution in [0, 0.1) is 6.92 Å². The minimum Gasteiger partial charge on any atom is -0.317 e. The fraction of sp³-hybridized carbons (Fsp3) is 0.438. The zero-order valence-electron chi connectivity index (χ0n) is 12.0. The summed E-state index contributed by atoms with van der Waals surface area (Å²) in [5.74, 6) is 0.566. The van der Waals surface area contributed by atoms with Crippen molar-refractivity contribution in [1.29, 1.82) is 0 Å². The molecule has 0 bridgehead atoms. The van der Waals surface area contributed by atoms with Gasteiger partial charge < -0.3 is 5.32 Å². The third-order valence-electron chi connectivity index (χ3n) is 4.06. The maximum Gasteiger partial charge on any atom is 0.0824 e. The summed E-state index contributed by atoms with van der Waals surface area (Å²) in [5, 5.41) is 8.19. The van der Waals surface area contributed by atoms with Gasteiger partial charge in [-0.2, -0.15) is 5.10 Å². The Balaban J connectivity index is 1.99. The summed E-state index contributed by atoms with van der Waals surface area (Å²) in [6.45, 7) is 4.30. The van der Waals surface area contributed by atoms with E-state index in [0.29, 0.717) is 5.92 Å². The van der Waals surface area contributed by atoms with Crippen LogP contribution in [0.15, 0.2) is 28.7 Å². The highest BCUT2D eigenvalue weighted by atomic mass is 79.9. The van der Waals surface area contributed by atoms with Crippen LogP contribution in [-0.4, -0.2) is 22.9 Å². The second-order valence-corrected chi connectivity index (χ2v) is 6.35. The standard InChI is InChI=1S/C16H20BrN3/c1-11-3-5-13(6-4-11)16-14(17)15(19-20(16)2)12-7-9-18-10-8-12/h3-6,12,18H,7-10H2,1-2H3. The van der Waals surface area contributed by atoms with Crippen molar-refractivity contribution in [2.75, 3.05) is 13.1 Å². The van der Waals surface area contributed by atoms with E-state index < -0.39 is 0 Å². The summed E-state index contributed by atoms with van der Waals surface area (Å²) >= 11 is 3.79. The van der Waals surface area contributed by atoms with E-state index in [1.807, 2.05) is 11.7 Å². The van der Waals surface area contributed by atoms with Crippen LogP contribution in [0.3, 0.4) is 0 Å². The predicted octanol–water partition coefficient (Wildman–Crippen LogP) is 3.63. The molecule has 1 fully saturated rings. The third-order valence-corrected chi connectivity index (χ3v) is 4.85. The molecule has 0 atom stereocenters. The largest absolute Gasteiger partial charge is 0.317 e. The minimum absolute atomic E-state index is 0.566. The van der Waals surface area contributed by atoms with Gasteiger partial charge in [0.15, 0.2) is 0 Å². The van der Waals surface area contributed by atoms with E-state index in [4.69, 9.17) is 5.10 Å². The number of nitrogens with one attached hydrogen (secondary N) is 1. The first kappa shape index (κ1) is 13.8. The third kappa shape index (κ3) is 2.54. The van der Waals surface area contributed by atoms with Gasteiger partial charge in [0.05, 0.1) is 15.9 Å². The second-order valence-electron chi connectivity index (χ2n) is 5.56. The van der Waals surface area contributed by atoms with Gasteiger partial charge in [-0.3, -0.25) is 4.68 Å². The summed E-state index contributed by atoms with van der Waals surface area (Å²) in [5.41, 5.74) is 4.89. The molecule has 0 unspecified atom stereocenters. The number of rotatable bonds is 2. The summed E-state index contributed by atoms with van der Waals surface area (Å²) in [7, 11) is 2.03. The average molecular weight is 334 g/mol. The normalized spacial score (nSPS) is 16.6. The molecule has 1 aromatic heterocycles. The highest BCUT2D eigenvalue weighted by Gasteiger charge is 2.24. The number of halogens is 1. The smallest absolute Gasteiger partial charge is 0.0824 e. The molecule has 1 aliphatic rings. The average Bonchev–Trinajstić information content (AvgIpc) is 2.76. The van der Waals surface area contributed by atoms with Gasteiger partial charge in [-0.1, -0.05) is 29.8 Å². The fourth-order valence-corrected chi connectivity index (χ4v) is 3.79. The van der Waals surface area contributed by atoms with Crippen LogP contribution in [0.4, 0.5) is 0 Å². The van der Waals surface area contributed by atoms with Crippen LogP contribution in [0.25, 0.3) is 11.3 Å². The van der Waals surface area contributed by atoms with Gasteiger partial charge in [-0.15, -0.1) is 0 Å². The topological polar surface area (TPSA) is 29.9 Å². The monoisotopic (exact) mass is 333 g/mol. The zero-order chi connectivity index (χ0) is 14.1. The number of hydrogen-bond acceptors (Lipinski definition) is 2. The molecule has 0 spiro atoms. The summed E-state index contributed by atoms with van der Waals surface area (Å²) in [6, 6.07) is 8.64. The summed E-state index contributed by atoms with van der Waals surface area (Å²) in [6.07, 6.45) is 2.34. The van der Waals surface area contributed by atoms with Crippen molar-refractivity contribution in [2.45, 2.75) is 25.7 Å². The summed E-state index contributed by atoms with van der Waals surface area (Å²) < 4.78 is 3.17. The Labute approximate surface area is 128 Å². The van der Waals surface area contributed by atoms with Crippen molar-refractivity contribution < 1.29 is 0 Å². The molecule has 0 radical (unpaired) electrons. The molecular weight excluding hydrogens is 314 g/mol. The first-order valence-corrected chi connectivity index (χ1v) is 7.96. The Hall–Kier alpha value is -1.13. The number of hydrogen-bond donors (Lipinski definition) is 1. The lowest BCUT2D eigenvalue weighted by Crippen LogP contribution is -2.27. The van der Waals surface area contributed by atoms with Crippen molar-refractivity contribution in [3.05, 3.63) is 40.0 Å². The summed E-state index contributed by atoms with van der Waals surface area (Å²) in [4.78, 5) is 0. The molecular formula is C16H20BrN3. The fourth-order valence-electron chi connectivity index (χ4n) is 2.90. The molecule has 1 aromatic carbocycles. The Kier molecular flexibility index (Phi) is 3.94. The molecule has 20 heavy (non-hydrogen) atoms. The first-order chi connectivity index (χ1) is 9.66. The van der Waals surface area contributed by atoms with Crippen molar-refractivity contribution >= 4 is 15.9 Å². The molecule has 106 valence electrons. The van der Waals surface area contributed by atoms with Crippen molar-refractivity contribution in [1.82, 2.24) is 15.1 Å². The van der Waals surface area contributed by atoms with Gasteiger partial charge in [0.2, 0.25) is 0 Å². The SMILES string of the molecule is Cc1ccc(-c2c(Br)c(C3CCNCC3)nn2C)cc1. The second kappa shape index (κ2) is 5.70. The van der Waals surface area contributed by atoms with Gasteiger partial charge in [-0.05, 0) is 48.8 Å². The molecule has 3 rings (SSSR count). The van der Waals surface area contributed by atoms with E-state index in [9.17, 15) is 0 Å². The van der Waals surface area contributed by atoms with Crippen molar-refractivity contribution in [3.8, 4) is 11.3 Å². The molecule has 4 heteroatoms. The lowest BCUT2D eigenvalue weighted by molar-refractivity contribution is 0.449. The van der Waals surface area contributed by atoms with E-state index in [0.717, 1.165) is 17.6 Å². The number of benzene rings is 1. The Morgan fingerprint density at radius 1 is 1.20 bits per heavy atom. The maximum atomic E-state index is 4.77. The van der Waals surface area contributed by atoms with Crippen LogP contribution in [0.1, 0.15) is 30.0 Å². The molecule has 1 aliphatic heterocycles. The quantitative estimate of drug-likeness (QED) is 0.909. The Morgan fingerprint density at radius 3 is 2.50 bits per heavy atom. The van der Waals surface area contributed by atoms with Crippen molar-refractivity contribution in [3.63, 3.8) is 0 Å². The first-order valence-electron chi connectivity index (χ1n) is 7.17. The molecule has 1 saturated heterocycles. The van der Waals surface area contributed by atoms with E-state index in [1.54, 1.807) is 0 Å². The van der Waals surface area contributed by atoms with Gasteiger partial charge >= 0.3 is 0 Å². The van der Waals surface area contributed by atoms with Gasteiger partial charge in [0.25, 0.3) is 0 Å². The minimum atomic E-state index is 0.566. The molecule has 0 amide bonds. The highest BCUT2D eigenvalue weighted by Crippen LogP contribution is 2.37. The van der Waals surface area contributed by atoms with Crippen LogP contribution < -0.4 is 5.32 Å². The lowest BCUT2D eigenvalue weighted by Gasteiger charge is -2.21. The molecule has 2 heterocycles. The maximum absolute atomic E-state index is 4.77. The number of nitrogens with zero attached hydrogens (tertiary/aromatic N) is 2.